The lowest BCUT2D eigenvalue weighted by Gasteiger charge is -2.19. The van der Waals surface area contributed by atoms with E-state index >= 15 is 0 Å². The largest absolute Gasteiger partial charge is 0.493 e. The summed E-state index contributed by atoms with van der Waals surface area (Å²) < 4.78 is 21.2. The molecule has 0 radical (unpaired) electrons. The highest BCUT2D eigenvalue weighted by molar-refractivity contribution is 5.43. The number of hydrogen-bond donors (Lipinski definition) is 4. The molecule has 0 aliphatic rings. The van der Waals surface area contributed by atoms with E-state index in [0.29, 0.717) is 13.1 Å². The Balaban J connectivity index is 1.51. The Bertz CT molecular complexity index is 808. The Morgan fingerprint density at radius 2 is 0.972 bits per heavy atom. The molecule has 0 bridgehead atoms. The van der Waals surface area contributed by atoms with Crippen LogP contribution in [0, 0.1) is 0 Å². The lowest BCUT2D eigenvalue weighted by Crippen LogP contribution is -2.42. The van der Waals surface area contributed by atoms with Gasteiger partial charge in [0.2, 0.25) is 0 Å². The van der Waals surface area contributed by atoms with Crippen molar-refractivity contribution < 1.29 is 29.2 Å². The molecule has 0 spiro atoms. The summed E-state index contributed by atoms with van der Waals surface area (Å²) in [5.41, 5.74) is 2.41. The molecule has 4 N–H and O–H groups in total. The number of methoxy groups -OCH3 is 4. The van der Waals surface area contributed by atoms with E-state index in [-0.39, 0.29) is 0 Å². The predicted molar refractivity (Wildman–Crippen MR) is 143 cm³/mol. The number of aliphatic hydroxyl groups excluding tert-OH is 2. The van der Waals surface area contributed by atoms with Crippen LogP contribution in [0.5, 0.6) is 23.0 Å². The minimum Gasteiger partial charge on any atom is -0.493 e. The monoisotopic (exact) mass is 504 g/mol. The van der Waals surface area contributed by atoms with Crippen molar-refractivity contribution in [2.24, 2.45) is 0 Å². The van der Waals surface area contributed by atoms with E-state index < -0.39 is 12.2 Å². The molecule has 0 amide bonds. The van der Waals surface area contributed by atoms with Gasteiger partial charge in [-0.25, -0.2) is 0 Å². The number of aryl methyl sites for hydroxylation is 2. The number of rotatable bonds is 19. The minimum atomic E-state index is -0.796. The van der Waals surface area contributed by atoms with Gasteiger partial charge in [-0.05, 0) is 87.0 Å². The summed E-state index contributed by atoms with van der Waals surface area (Å²) in [4.78, 5) is 0. The summed E-state index contributed by atoms with van der Waals surface area (Å²) in [6.07, 6.45) is 4.31. The first-order chi connectivity index (χ1) is 17.5. The number of aliphatic hydroxyl groups is 2. The van der Waals surface area contributed by atoms with E-state index in [1.165, 1.54) is 11.1 Å². The second-order valence-electron chi connectivity index (χ2n) is 8.84. The van der Waals surface area contributed by atoms with Crippen LogP contribution < -0.4 is 29.6 Å². The van der Waals surface area contributed by atoms with E-state index in [2.05, 4.69) is 22.8 Å². The molecule has 2 unspecified atom stereocenters. The molecular formula is C28H44N2O6. The number of unbranched alkanes of at least 4 members (excludes halogenated alkanes) is 2. The van der Waals surface area contributed by atoms with Gasteiger partial charge >= 0.3 is 0 Å². The first-order valence-corrected chi connectivity index (χ1v) is 12.7. The lowest BCUT2D eigenvalue weighted by atomic mass is 10.1. The molecule has 36 heavy (non-hydrogen) atoms. The van der Waals surface area contributed by atoms with E-state index in [9.17, 15) is 10.2 Å². The van der Waals surface area contributed by atoms with Crippen LogP contribution in [0.2, 0.25) is 0 Å². The molecule has 0 fully saturated rings. The van der Waals surface area contributed by atoms with Crippen molar-refractivity contribution in [3.05, 3.63) is 47.5 Å². The molecular weight excluding hydrogens is 460 g/mol. The third-order valence-electron chi connectivity index (χ3n) is 6.19. The normalized spacial score (nSPS) is 12.7. The maximum Gasteiger partial charge on any atom is 0.160 e. The molecule has 8 nitrogen and oxygen atoms in total. The zero-order chi connectivity index (χ0) is 26.2. The van der Waals surface area contributed by atoms with Crippen molar-refractivity contribution >= 4 is 0 Å². The lowest BCUT2D eigenvalue weighted by molar-refractivity contribution is 0.0210. The number of nitrogens with one attached hydrogen (secondary N) is 2. The second-order valence-corrected chi connectivity index (χ2v) is 8.84. The predicted octanol–water partition coefficient (Wildman–Crippen LogP) is 2.97. The van der Waals surface area contributed by atoms with Gasteiger partial charge in [0.15, 0.2) is 23.0 Å². The number of benzene rings is 2. The minimum absolute atomic E-state index is 0.374. The molecule has 0 saturated carbocycles. The fourth-order valence-electron chi connectivity index (χ4n) is 4.00. The Kier molecular flexibility index (Phi) is 14.1. The molecule has 8 heteroatoms. The van der Waals surface area contributed by atoms with Crippen molar-refractivity contribution in [3.8, 4) is 23.0 Å². The van der Waals surface area contributed by atoms with Gasteiger partial charge in [-0.15, -0.1) is 0 Å². The fraction of sp³-hybridized carbons (Fsp3) is 0.571. The molecule has 0 heterocycles. The smallest absolute Gasteiger partial charge is 0.160 e. The highest BCUT2D eigenvalue weighted by Crippen LogP contribution is 2.29. The van der Waals surface area contributed by atoms with Crippen molar-refractivity contribution in [2.75, 3.05) is 54.6 Å². The van der Waals surface area contributed by atoms with E-state index in [1.807, 2.05) is 24.3 Å². The Morgan fingerprint density at radius 1 is 0.583 bits per heavy atom. The summed E-state index contributed by atoms with van der Waals surface area (Å²) in [6, 6.07) is 12.0. The van der Waals surface area contributed by atoms with E-state index in [1.54, 1.807) is 28.4 Å². The zero-order valence-electron chi connectivity index (χ0n) is 22.2. The molecule has 202 valence electrons. The zero-order valence-corrected chi connectivity index (χ0v) is 22.2. The van der Waals surface area contributed by atoms with Crippen LogP contribution in [0.3, 0.4) is 0 Å². The van der Waals surface area contributed by atoms with Crippen molar-refractivity contribution in [2.45, 2.75) is 50.7 Å². The van der Waals surface area contributed by atoms with Crippen molar-refractivity contribution in [1.82, 2.24) is 10.6 Å². The standard InChI is InChI=1S/C28H44N2O6/c1-33-25-13-11-21(17-27(25)35-3)9-5-7-15-29-19-23(31)24(32)20-30-16-8-6-10-22-12-14-26(34-2)28(18-22)36-4/h11-14,17-18,23-24,29-32H,5-10,15-16,19-20H2,1-4H3. The highest BCUT2D eigenvalue weighted by atomic mass is 16.5. The van der Waals surface area contributed by atoms with Gasteiger partial charge in [0, 0.05) is 13.1 Å². The van der Waals surface area contributed by atoms with Crippen LogP contribution in [0.4, 0.5) is 0 Å². The highest BCUT2D eigenvalue weighted by Gasteiger charge is 2.15. The van der Waals surface area contributed by atoms with Crippen LogP contribution in [-0.2, 0) is 12.8 Å². The molecule has 2 aromatic rings. The van der Waals surface area contributed by atoms with Crippen molar-refractivity contribution in [3.63, 3.8) is 0 Å². The van der Waals surface area contributed by atoms with Crippen LogP contribution in [-0.4, -0.2) is 77.0 Å². The maximum atomic E-state index is 10.2. The molecule has 0 aliphatic carbocycles. The second kappa shape index (κ2) is 17.0. The number of ether oxygens (including phenoxy) is 4. The molecule has 0 aliphatic heterocycles. The van der Waals surface area contributed by atoms with Gasteiger partial charge in [0.25, 0.3) is 0 Å². The molecule has 2 rings (SSSR count). The van der Waals surface area contributed by atoms with Crippen LogP contribution >= 0.6 is 0 Å². The Hall–Kier alpha value is -2.52. The summed E-state index contributed by atoms with van der Waals surface area (Å²) in [7, 11) is 6.55. The SMILES string of the molecule is COc1ccc(CCCCNCC(O)C(O)CNCCCCc2ccc(OC)c(OC)c2)cc1OC. The van der Waals surface area contributed by atoms with E-state index in [0.717, 1.165) is 74.6 Å². The first kappa shape index (κ1) is 29.7. The summed E-state index contributed by atoms with van der Waals surface area (Å²) in [5, 5.41) is 26.9. The Labute approximate surface area is 215 Å². The maximum absolute atomic E-state index is 10.2. The molecule has 0 saturated heterocycles. The van der Waals surface area contributed by atoms with Crippen molar-refractivity contribution in [1.29, 1.82) is 0 Å². The quantitative estimate of drug-likeness (QED) is 0.217. The summed E-state index contributed by atoms with van der Waals surface area (Å²) in [5.74, 6) is 2.97. The fourth-order valence-corrected chi connectivity index (χ4v) is 4.00. The van der Waals surface area contributed by atoms with E-state index in [4.69, 9.17) is 18.9 Å². The van der Waals surface area contributed by atoms with Crippen LogP contribution in [0.1, 0.15) is 36.8 Å². The number of hydrogen-bond acceptors (Lipinski definition) is 8. The van der Waals surface area contributed by atoms with Gasteiger partial charge in [-0.2, -0.15) is 0 Å². The third kappa shape index (κ3) is 10.2. The first-order valence-electron chi connectivity index (χ1n) is 12.7. The van der Waals surface area contributed by atoms with Crippen LogP contribution in [0.15, 0.2) is 36.4 Å². The molecule has 0 aromatic heterocycles. The Morgan fingerprint density at radius 3 is 1.33 bits per heavy atom. The van der Waals surface area contributed by atoms with Gasteiger partial charge in [0.05, 0.1) is 40.6 Å². The average molecular weight is 505 g/mol. The summed E-state index contributed by atoms with van der Waals surface area (Å²) >= 11 is 0. The summed E-state index contributed by atoms with van der Waals surface area (Å²) in [6.45, 7) is 2.33. The van der Waals surface area contributed by atoms with Gasteiger partial charge in [0.1, 0.15) is 0 Å². The topological polar surface area (TPSA) is 101 Å². The van der Waals surface area contributed by atoms with Gasteiger partial charge in [-0.1, -0.05) is 12.1 Å². The van der Waals surface area contributed by atoms with Gasteiger partial charge in [-0.3, -0.25) is 0 Å². The van der Waals surface area contributed by atoms with Crippen LogP contribution in [0.25, 0.3) is 0 Å². The van der Waals surface area contributed by atoms with Gasteiger partial charge < -0.3 is 39.8 Å². The average Bonchev–Trinajstić information content (AvgIpc) is 2.91. The molecule has 2 atom stereocenters. The molecule has 2 aromatic carbocycles. The third-order valence-corrected chi connectivity index (χ3v) is 6.19.